The van der Waals surface area contributed by atoms with Gasteiger partial charge < -0.3 is 15.5 Å². The maximum Gasteiger partial charge on any atom is 0.416 e. The third kappa shape index (κ3) is 5.15. The number of amides is 3. The van der Waals surface area contributed by atoms with Crippen LogP contribution in [0.1, 0.15) is 24.0 Å². The third-order valence-electron chi connectivity index (χ3n) is 3.57. The Balaban J connectivity index is 1.77. The fourth-order valence-electron chi connectivity index (χ4n) is 2.34. The number of carbonyl (C=O) groups is 2. The Kier molecular flexibility index (Phi) is 5.46. The van der Waals surface area contributed by atoms with Gasteiger partial charge in [-0.2, -0.15) is 13.2 Å². The van der Waals surface area contributed by atoms with Crippen LogP contribution in [0.4, 0.5) is 18.0 Å². The molecule has 1 saturated heterocycles. The molecule has 0 aromatic heterocycles. The summed E-state index contributed by atoms with van der Waals surface area (Å²) in [5.74, 6) is -0.156. The molecular formula is C15H18F3N3O2. The molecular weight excluding hydrogens is 311 g/mol. The highest BCUT2D eigenvalue weighted by Crippen LogP contribution is 2.29. The maximum absolute atomic E-state index is 12.6. The molecule has 0 unspecified atom stereocenters. The maximum atomic E-state index is 12.6. The summed E-state index contributed by atoms with van der Waals surface area (Å²) in [6.07, 6.45) is -2.48. The van der Waals surface area contributed by atoms with Gasteiger partial charge in [-0.3, -0.25) is 4.79 Å². The van der Waals surface area contributed by atoms with Crippen LogP contribution in [0.25, 0.3) is 0 Å². The van der Waals surface area contributed by atoms with E-state index in [0.29, 0.717) is 18.7 Å². The molecule has 0 spiro atoms. The average molecular weight is 329 g/mol. The fourth-order valence-corrected chi connectivity index (χ4v) is 2.34. The van der Waals surface area contributed by atoms with Crippen molar-refractivity contribution in [2.45, 2.75) is 25.6 Å². The van der Waals surface area contributed by atoms with Crippen molar-refractivity contribution >= 4 is 11.9 Å². The number of hydrogen-bond acceptors (Lipinski definition) is 2. The van der Waals surface area contributed by atoms with Crippen LogP contribution in [0.15, 0.2) is 24.3 Å². The molecule has 0 radical (unpaired) electrons. The van der Waals surface area contributed by atoms with Gasteiger partial charge in [0, 0.05) is 19.6 Å². The first-order chi connectivity index (χ1) is 10.9. The molecule has 0 atom stereocenters. The van der Waals surface area contributed by atoms with Crippen LogP contribution in [0.3, 0.4) is 0 Å². The van der Waals surface area contributed by atoms with E-state index in [-0.39, 0.29) is 19.0 Å². The van der Waals surface area contributed by atoms with Crippen molar-refractivity contribution < 1.29 is 22.8 Å². The van der Waals surface area contributed by atoms with Crippen molar-refractivity contribution in [3.05, 3.63) is 35.4 Å². The molecule has 1 aliphatic rings. The number of likely N-dealkylation sites (tertiary alicyclic amines) is 1. The van der Waals surface area contributed by atoms with Crippen LogP contribution >= 0.6 is 0 Å². The van der Waals surface area contributed by atoms with Crippen LogP contribution in [0.2, 0.25) is 0 Å². The fraction of sp³-hybridized carbons (Fsp3) is 0.467. The molecule has 1 heterocycles. The Morgan fingerprint density at radius 2 is 1.83 bits per heavy atom. The topological polar surface area (TPSA) is 61.4 Å². The number of halogens is 3. The van der Waals surface area contributed by atoms with Gasteiger partial charge in [0.25, 0.3) is 0 Å². The number of rotatable bonds is 4. The second-order valence-corrected chi connectivity index (χ2v) is 5.32. The molecule has 1 aliphatic heterocycles. The summed E-state index contributed by atoms with van der Waals surface area (Å²) >= 11 is 0. The number of alkyl halides is 3. The predicted molar refractivity (Wildman–Crippen MR) is 77.5 cm³/mol. The number of carbonyl (C=O) groups excluding carboxylic acids is 2. The monoisotopic (exact) mass is 329 g/mol. The number of benzene rings is 1. The minimum absolute atomic E-state index is 0.0480. The van der Waals surface area contributed by atoms with Gasteiger partial charge in [-0.1, -0.05) is 12.1 Å². The second-order valence-electron chi connectivity index (χ2n) is 5.32. The smallest absolute Gasteiger partial charge is 0.341 e. The largest absolute Gasteiger partial charge is 0.416 e. The molecule has 8 heteroatoms. The van der Waals surface area contributed by atoms with Gasteiger partial charge in [-0.25, -0.2) is 4.79 Å². The first kappa shape index (κ1) is 17.1. The highest BCUT2D eigenvalue weighted by molar-refractivity contribution is 5.84. The zero-order valence-electron chi connectivity index (χ0n) is 12.4. The molecule has 23 heavy (non-hydrogen) atoms. The summed E-state index contributed by atoms with van der Waals surface area (Å²) in [5.41, 5.74) is -0.428. The van der Waals surface area contributed by atoms with Gasteiger partial charge in [0.05, 0.1) is 12.1 Å². The summed E-state index contributed by atoms with van der Waals surface area (Å²) in [4.78, 5) is 25.0. The number of nitrogens with zero attached hydrogens (tertiary/aromatic N) is 1. The van der Waals surface area contributed by atoms with Crippen molar-refractivity contribution in [1.82, 2.24) is 15.5 Å². The lowest BCUT2D eigenvalue weighted by atomic mass is 10.1. The van der Waals surface area contributed by atoms with Crippen molar-refractivity contribution in [3.8, 4) is 0 Å². The Bertz CT molecular complexity index is 569. The second kappa shape index (κ2) is 7.34. The Labute approximate surface area is 131 Å². The highest BCUT2D eigenvalue weighted by Gasteiger charge is 2.30. The number of nitrogens with one attached hydrogen (secondary N) is 2. The van der Waals surface area contributed by atoms with Gasteiger partial charge in [-0.15, -0.1) is 0 Å². The zero-order valence-corrected chi connectivity index (χ0v) is 12.4. The molecule has 0 bridgehead atoms. The summed E-state index contributed by atoms with van der Waals surface area (Å²) in [6, 6.07) is 4.14. The van der Waals surface area contributed by atoms with Crippen LogP contribution in [0, 0.1) is 0 Å². The highest BCUT2D eigenvalue weighted by atomic mass is 19.4. The van der Waals surface area contributed by atoms with Crippen LogP contribution in [-0.4, -0.2) is 36.5 Å². The van der Waals surface area contributed by atoms with Gasteiger partial charge >= 0.3 is 12.2 Å². The Morgan fingerprint density at radius 3 is 2.48 bits per heavy atom. The molecule has 1 aromatic carbocycles. The first-order valence-electron chi connectivity index (χ1n) is 7.32. The number of hydrogen-bond donors (Lipinski definition) is 2. The van der Waals surface area contributed by atoms with E-state index in [1.165, 1.54) is 12.1 Å². The lowest BCUT2D eigenvalue weighted by Crippen LogP contribution is -2.42. The summed E-state index contributed by atoms with van der Waals surface area (Å²) in [5, 5.41) is 4.85. The summed E-state index contributed by atoms with van der Waals surface area (Å²) in [7, 11) is 0. The van der Waals surface area contributed by atoms with E-state index in [1.54, 1.807) is 4.90 Å². The minimum atomic E-state index is -4.42. The van der Waals surface area contributed by atoms with Crippen molar-refractivity contribution in [2.24, 2.45) is 0 Å². The Morgan fingerprint density at radius 1 is 1.13 bits per heavy atom. The summed E-state index contributed by atoms with van der Waals surface area (Å²) in [6.45, 7) is 1.24. The first-order valence-corrected chi connectivity index (χ1v) is 7.32. The molecule has 2 rings (SSSR count). The van der Waals surface area contributed by atoms with Crippen LogP contribution < -0.4 is 10.6 Å². The number of urea groups is 1. The van der Waals surface area contributed by atoms with Crippen molar-refractivity contribution in [2.75, 3.05) is 19.6 Å². The minimum Gasteiger partial charge on any atom is -0.341 e. The van der Waals surface area contributed by atoms with Gasteiger partial charge in [-0.05, 0) is 30.5 Å². The predicted octanol–water partition coefficient (Wildman–Crippen LogP) is 2.13. The van der Waals surface area contributed by atoms with E-state index in [2.05, 4.69) is 10.6 Å². The van der Waals surface area contributed by atoms with E-state index in [1.807, 2.05) is 0 Å². The standard InChI is InChI=1S/C15H18F3N3O2/c16-15(17,18)12-5-3-4-11(8-12)9-19-14(23)20-10-13(22)21-6-1-2-7-21/h3-5,8H,1-2,6-7,9-10H2,(H2,19,20,23). The lowest BCUT2D eigenvalue weighted by molar-refractivity contribution is -0.137. The lowest BCUT2D eigenvalue weighted by Gasteiger charge is -2.15. The molecule has 126 valence electrons. The van der Waals surface area contributed by atoms with E-state index in [9.17, 15) is 22.8 Å². The molecule has 2 N–H and O–H groups in total. The van der Waals surface area contributed by atoms with E-state index >= 15 is 0 Å². The molecule has 5 nitrogen and oxygen atoms in total. The molecule has 3 amide bonds. The van der Waals surface area contributed by atoms with Crippen molar-refractivity contribution in [1.29, 1.82) is 0 Å². The van der Waals surface area contributed by atoms with Crippen molar-refractivity contribution in [3.63, 3.8) is 0 Å². The third-order valence-corrected chi connectivity index (χ3v) is 3.57. The molecule has 0 aliphatic carbocycles. The van der Waals surface area contributed by atoms with E-state index in [4.69, 9.17) is 0 Å². The van der Waals surface area contributed by atoms with Gasteiger partial charge in [0.1, 0.15) is 0 Å². The quantitative estimate of drug-likeness (QED) is 0.889. The molecule has 0 saturated carbocycles. The van der Waals surface area contributed by atoms with E-state index in [0.717, 1.165) is 25.0 Å². The summed E-state index contributed by atoms with van der Waals surface area (Å²) < 4.78 is 37.7. The molecule has 1 fully saturated rings. The SMILES string of the molecule is O=C(NCC(=O)N1CCCC1)NCc1cccc(C(F)(F)F)c1. The van der Waals surface area contributed by atoms with Gasteiger partial charge in [0.2, 0.25) is 5.91 Å². The van der Waals surface area contributed by atoms with Crippen LogP contribution in [0.5, 0.6) is 0 Å². The zero-order chi connectivity index (χ0) is 16.9. The molecule has 1 aromatic rings. The Hall–Kier alpha value is -2.25. The van der Waals surface area contributed by atoms with E-state index < -0.39 is 17.8 Å². The average Bonchev–Trinajstić information content (AvgIpc) is 3.04. The van der Waals surface area contributed by atoms with Crippen LogP contribution in [-0.2, 0) is 17.5 Å². The van der Waals surface area contributed by atoms with Gasteiger partial charge in [0.15, 0.2) is 0 Å². The normalized spacial score (nSPS) is 14.7.